The number of para-hydroxylation sites is 2. The van der Waals surface area contributed by atoms with E-state index >= 15 is 0 Å². The number of carbonyl (C=O) groups excluding carboxylic acids is 1. The van der Waals surface area contributed by atoms with Gasteiger partial charge in [-0.1, -0.05) is 48.2 Å². The van der Waals surface area contributed by atoms with Crippen LogP contribution in [0.3, 0.4) is 0 Å². The molecule has 0 aliphatic heterocycles. The summed E-state index contributed by atoms with van der Waals surface area (Å²) in [6.45, 7) is 0. The van der Waals surface area contributed by atoms with Crippen molar-refractivity contribution < 1.29 is 22.0 Å². The Balaban J connectivity index is 1.86. The molecule has 1 amide bonds. The van der Waals surface area contributed by atoms with Crippen LogP contribution in [-0.2, 0) is 10.0 Å². The number of hydrogen-bond acceptors (Lipinski definition) is 4. The molecule has 0 atom stereocenters. The smallest absolute Gasteiger partial charge is 0.288 e. The van der Waals surface area contributed by atoms with Gasteiger partial charge in [0.15, 0.2) is 0 Å². The molecule has 3 aromatic carbocycles. The summed E-state index contributed by atoms with van der Waals surface area (Å²) in [4.78, 5) is 12.8. The number of hydrogen-bond donors (Lipinski definition) is 1. The van der Waals surface area contributed by atoms with Gasteiger partial charge in [0.05, 0.1) is 16.3 Å². The van der Waals surface area contributed by atoms with Crippen LogP contribution in [0, 0.1) is 0 Å². The van der Waals surface area contributed by atoms with Crippen LogP contribution >= 0.6 is 11.8 Å². The minimum atomic E-state index is -3.89. The Morgan fingerprint density at radius 1 is 0.967 bits per heavy atom. The van der Waals surface area contributed by atoms with Gasteiger partial charge in [0.25, 0.3) is 21.7 Å². The summed E-state index contributed by atoms with van der Waals surface area (Å²) in [6, 6.07) is 20.3. The third kappa shape index (κ3) is 4.98. The fourth-order valence-electron chi connectivity index (χ4n) is 2.70. The van der Waals surface area contributed by atoms with E-state index in [9.17, 15) is 22.0 Å². The van der Waals surface area contributed by atoms with Gasteiger partial charge in [0.2, 0.25) is 0 Å². The Bertz CT molecular complexity index is 1140. The highest BCUT2D eigenvalue weighted by Crippen LogP contribution is 2.32. The molecule has 9 heteroatoms. The van der Waals surface area contributed by atoms with Crippen molar-refractivity contribution in [3.8, 4) is 0 Å². The quantitative estimate of drug-likeness (QED) is 0.512. The first-order valence-corrected chi connectivity index (χ1v) is 11.1. The van der Waals surface area contributed by atoms with E-state index in [1.165, 1.54) is 43.4 Å². The molecule has 1 N–H and O–H groups in total. The summed E-state index contributed by atoms with van der Waals surface area (Å²) in [5.41, 5.74) is 0.794. The highest BCUT2D eigenvalue weighted by Gasteiger charge is 2.22. The van der Waals surface area contributed by atoms with Gasteiger partial charge in [0.1, 0.15) is 0 Å². The van der Waals surface area contributed by atoms with Crippen molar-refractivity contribution in [2.75, 3.05) is 16.7 Å². The summed E-state index contributed by atoms with van der Waals surface area (Å²) in [6.07, 6.45) is 0. The molecule has 0 aliphatic carbocycles. The van der Waals surface area contributed by atoms with E-state index in [1.54, 1.807) is 42.5 Å². The maximum atomic E-state index is 12.9. The summed E-state index contributed by atoms with van der Waals surface area (Å²) < 4.78 is 52.5. The maximum absolute atomic E-state index is 12.9. The van der Waals surface area contributed by atoms with E-state index in [4.69, 9.17) is 0 Å². The molecule has 0 spiro atoms. The van der Waals surface area contributed by atoms with Gasteiger partial charge in [-0.05, 0) is 42.5 Å². The summed E-state index contributed by atoms with van der Waals surface area (Å²) >= 11 is 0.321. The van der Waals surface area contributed by atoms with Crippen molar-refractivity contribution in [3.63, 3.8) is 0 Å². The molecular formula is C21H18F2N2O3S2. The largest absolute Gasteiger partial charge is 0.321 e. The fraction of sp³-hybridized carbons (Fsp3) is 0.0952. The van der Waals surface area contributed by atoms with Gasteiger partial charge >= 0.3 is 0 Å². The van der Waals surface area contributed by atoms with Crippen LogP contribution in [0.15, 0.2) is 88.7 Å². The molecule has 0 saturated carbocycles. The minimum absolute atomic E-state index is 0.0586. The molecule has 30 heavy (non-hydrogen) atoms. The van der Waals surface area contributed by atoms with E-state index in [0.717, 1.165) is 4.31 Å². The third-order valence-electron chi connectivity index (χ3n) is 4.23. The summed E-state index contributed by atoms with van der Waals surface area (Å²) in [7, 11) is -2.47. The Kier molecular flexibility index (Phi) is 6.73. The fourth-order valence-corrected chi connectivity index (χ4v) is 4.53. The number of amides is 1. The van der Waals surface area contributed by atoms with Crippen molar-refractivity contribution in [3.05, 3.63) is 84.4 Å². The Labute approximate surface area is 177 Å². The molecule has 0 aliphatic rings. The number of benzene rings is 3. The van der Waals surface area contributed by atoms with Crippen LogP contribution in [-0.4, -0.2) is 27.1 Å². The first kappa shape index (κ1) is 21.8. The standard InChI is InChI=1S/C21H18F2N2O3S2/c1-25(16-9-3-2-4-10-16)30(27,28)17-11-7-8-15(14-17)20(26)24-18-12-5-6-13-19(18)29-21(22)23/h2-14,21H,1H3,(H,24,26). The number of carbonyl (C=O) groups is 1. The normalized spacial score (nSPS) is 11.3. The average Bonchev–Trinajstić information content (AvgIpc) is 2.75. The summed E-state index contributed by atoms with van der Waals surface area (Å²) in [5, 5.41) is 2.57. The Morgan fingerprint density at radius 2 is 1.63 bits per heavy atom. The number of thioether (sulfide) groups is 1. The molecule has 0 saturated heterocycles. The second-order valence-corrected chi connectivity index (χ2v) is 9.17. The predicted octanol–water partition coefficient (Wildman–Crippen LogP) is 5.08. The van der Waals surface area contributed by atoms with Crippen molar-refractivity contribution >= 4 is 39.1 Å². The van der Waals surface area contributed by atoms with Crippen LogP contribution < -0.4 is 9.62 Å². The molecule has 0 radical (unpaired) electrons. The number of anilines is 2. The minimum Gasteiger partial charge on any atom is -0.321 e. The van der Waals surface area contributed by atoms with Crippen molar-refractivity contribution in [1.82, 2.24) is 0 Å². The zero-order valence-electron chi connectivity index (χ0n) is 15.8. The topological polar surface area (TPSA) is 66.5 Å². The van der Waals surface area contributed by atoms with Crippen LogP contribution in [0.4, 0.5) is 20.2 Å². The van der Waals surface area contributed by atoms with Gasteiger partial charge in [-0.25, -0.2) is 8.42 Å². The van der Waals surface area contributed by atoms with Crippen molar-refractivity contribution in [2.45, 2.75) is 15.5 Å². The van der Waals surface area contributed by atoms with E-state index in [-0.39, 0.29) is 21.0 Å². The maximum Gasteiger partial charge on any atom is 0.288 e. The average molecular weight is 449 g/mol. The van der Waals surface area contributed by atoms with Gasteiger partial charge in [-0.2, -0.15) is 8.78 Å². The van der Waals surface area contributed by atoms with Crippen LogP contribution in [0.25, 0.3) is 0 Å². The van der Waals surface area contributed by atoms with Crippen molar-refractivity contribution in [2.24, 2.45) is 0 Å². The molecule has 0 bridgehead atoms. The molecule has 0 unspecified atom stereocenters. The number of nitrogens with zero attached hydrogens (tertiary/aromatic N) is 1. The lowest BCUT2D eigenvalue weighted by molar-refractivity contribution is 0.102. The highest BCUT2D eigenvalue weighted by atomic mass is 32.2. The van der Waals surface area contributed by atoms with E-state index < -0.39 is 21.7 Å². The lowest BCUT2D eigenvalue weighted by Gasteiger charge is -2.19. The van der Waals surface area contributed by atoms with E-state index in [0.29, 0.717) is 17.4 Å². The van der Waals surface area contributed by atoms with E-state index in [1.807, 2.05) is 0 Å². The van der Waals surface area contributed by atoms with Gasteiger partial charge in [0, 0.05) is 17.5 Å². The molecule has 0 heterocycles. The first-order valence-electron chi connectivity index (χ1n) is 8.78. The van der Waals surface area contributed by atoms with E-state index in [2.05, 4.69) is 5.32 Å². The molecule has 5 nitrogen and oxygen atoms in total. The number of halogens is 2. The molecule has 156 valence electrons. The van der Waals surface area contributed by atoms with Gasteiger partial charge in [-0.3, -0.25) is 9.10 Å². The van der Waals surface area contributed by atoms with Crippen LogP contribution in [0.1, 0.15) is 10.4 Å². The lowest BCUT2D eigenvalue weighted by Crippen LogP contribution is -2.26. The third-order valence-corrected chi connectivity index (χ3v) is 6.80. The monoisotopic (exact) mass is 448 g/mol. The lowest BCUT2D eigenvalue weighted by atomic mass is 10.2. The molecule has 0 aromatic heterocycles. The summed E-state index contributed by atoms with van der Waals surface area (Å²) in [5.74, 6) is -3.23. The second kappa shape index (κ2) is 9.27. The van der Waals surface area contributed by atoms with Crippen LogP contribution in [0.5, 0.6) is 0 Å². The molecule has 3 rings (SSSR count). The zero-order valence-corrected chi connectivity index (χ0v) is 17.5. The number of alkyl halides is 2. The zero-order chi connectivity index (χ0) is 21.7. The van der Waals surface area contributed by atoms with Crippen molar-refractivity contribution in [1.29, 1.82) is 0 Å². The van der Waals surface area contributed by atoms with Crippen LogP contribution in [0.2, 0.25) is 0 Å². The molecule has 0 fully saturated rings. The van der Waals surface area contributed by atoms with Gasteiger partial charge < -0.3 is 5.32 Å². The predicted molar refractivity (Wildman–Crippen MR) is 115 cm³/mol. The first-order chi connectivity index (χ1) is 14.3. The SMILES string of the molecule is CN(c1ccccc1)S(=O)(=O)c1cccc(C(=O)Nc2ccccc2SC(F)F)c1. The number of rotatable bonds is 7. The Hall–Kier alpha value is -2.91. The highest BCUT2D eigenvalue weighted by molar-refractivity contribution is 7.99. The Morgan fingerprint density at radius 3 is 2.33 bits per heavy atom. The molecule has 3 aromatic rings. The second-order valence-electron chi connectivity index (χ2n) is 6.16. The molecular weight excluding hydrogens is 430 g/mol. The number of nitrogens with one attached hydrogen (secondary N) is 1. The number of sulfonamides is 1. The van der Waals surface area contributed by atoms with Gasteiger partial charge in [-0.15, -0.1) is 0 Å².